The molecule has 1 fully saturated rings. The molecule has 2 aromatic rings. The minimum atomic E-state index is -0.710. The van der Waals surface area contributed by atoms with Gasteiger partial charge in [0.25, 0.3) is 0 Å². The average molecular weight is 414 g/mol. The van der Waals surface area contributed by atoms with Crippen molar-refractivity contribution >= 4 is 40.5 Å². The Bertz CT molecular complexity index is 772. The lowest BCUT2D eigenvalue weighted by molar-refractivity contribution is -0.143. The second-order valence-corrected chi connectivity index (χ2v) is 8.49. The lowest BCUT2D eigenvalue weighted by Gasteiger charge is -2.37. The predicted molar refractivity (Wildman–Crippen MR) is 106 cm³/mol. The number of benzene rings is 1. The summed E-state index contributed by atoms with van der Waals surface area (Å²) < 4.78 is 6.57. The molecular weight excluding hydrogens is 393 g/mol. The topological polar surface area (TPSA) is 49.8 Å². The first-order valence-corrected chi connectivity index (χ1v) is 10.2. The molecule has 1 aromatic heterocycles. The molecule has 0 spiro atoms. The van der Waals surface area contributed by atoms with Crippen LogP contribution in [-0.2, 0) is 4.79 Å². The molecule has 0 bridgehead atoms. The maximum atomic E-state index is 11.3. The highest BCUT2D eigenvalue weighted by Gasteiger charge is 2.32. The highest BCUT2D eigenvalue weighted by Crippen LogP contribution is 2.41. The average Bonchev–Trinajstić information content (AvgIpc) is 3.04. The molecule has 7 heteroatoms. The Hall–Kier alpha value is -1.27. The summed E-state index contributed by atoms with van der Waals surface area (Å²) in [4.78, 5) is 14.7. The Morgan fingerprint density at radius 2 is 2.04 bits per heavy atom. The van der Waals surface area contributed by atoms with Gasteiger partial charge in [-0.05, 0) is 63.2 Å². The smallest absolute Gasteiger partial charge is 0.306 e. The zero-order valence-electron chi connectivity index (χ0n) is 14.5. The van der Waals surface area contributed by atoms with Crippen LogP contribution in [0.5, 0.6) is 5.75 Å². The number of likely N-dealkylation sites (tertiary alicyclic amines) is 1. The van der Waals surface area contributed by atoms with E-state index in [1.807, 2.05) is 37.3 Å². The predicted octanol–water partition coefficient (Wildman–Crippen LogP) is 5.34. The summed E-state index contributed by atoms with van der Waals surface area (Å²) in [7, 11) is 0. The molecule has 140 valence electrons. The van der Waals surface area contributed by atoms with Crippen molar-refractivity contribution in [2.24, 2.45) is 5.92 Å². The van der Waals surface area contributed by atoms with Gasteiger partial charge in [-0.25, -0.2) is 0 Å². The molecule has 2 heterocycles. The lowest BCUT2D eigenvalue weighted by atomic mass is 9.93. The molecule has 1 aromatic carbocycles. The molecule has 0 aliphatic carbocycles. The molecule has 0 saturated carbocycles. The molecule has 1 unspecified atom stereocenters. The molecule has 1 aliphatic heterocycles. The van der Waals surface area contributed by atoms with Crippen molar-refractivity contribution in [3.05, 3.63) is 50.1 Å². The number of carboxylic acids is 1. The molecule has 1 saturated heterocycles. The number of thiophene rings is 1. The highest BCUT2D eigenvalue weighted by molar-refractivity contribution is 7.16. The number of carboxylic acid groups (broad SMARTS) is 1. The van der Waals surface area contributed by atoms with E-state index in [0.29, 0.717) is 37.6 Å². The molecule has 26 heavy (non-hydrogen) atoms. The van der Waals surface area contributed by atoms with Crippen LogP contribution in [-0.4, -0.2) is 35.7 Å². The van der Waals surface area contributed by atoms with Crippen LogP contribution in [0, 0.1) is 5.92 Å². The first kappa shape index (κ1) is 19.5. The van der Waals surface area contributed by atoms with E-state index in [0.717, 1.165) is 20.5 Å². The molecule has 0 radical (unpaired) electrons. The molecule has 1 atom stereocenters. The number of piperidine rings is 1. The number of ether oxygens (including phenoxy) is 1. The van der Waals surface area contributed by atoms with Gasteiger partial charge in [-0.3, -0.25) is 9.69 Å². The van der Waals surface area contributed by atoms with Crippen molar-refractivity contribution in [3.63, 3.8) is 0 Å². The van der Waals surface area contributed by atoms with E-state index < -0.39 is 5.97 Å². The number of aliphatic carboxylic acids is 1. The van der Waals surface area contributed by atoms with E-state index >= 15 is 0 Å². The SMILES string of the molecule is CCOc1ccc(Cl)cc1C(c1ccc(Cl)s1)N1CCC(C(=O)O)CC1. The summed E-state index contributed by atoms with van der Waals surface area (Å²) in [6.45, 7) is 3.92. The highest BCUT2D eigenvalue weighted by atomic mass is 35.5. The fourth-order valence-corrected chi connectivity index (χ4v) is 4.83. The molecule has 1 aliphatic rings. The third-order valence-corrected chi connectivity index (χ3v) is 6.19. The van der Waals surface area contributed by atoms with E-state index in [2.05, 4.69) is 4.90 Å². The van der Waals surface area contributed by atoms with E-state index in [1.165, 1.54) is 11.3 Å². The third-order valence-electron chi connectivity index (χ3n) is 4.67. The monoisotopic (exact) mass is 413 g/mol. The number of nitrogens with zero attached hydrogens (tertiary/aromatic N) is 1. The minimum absolute atomic E-state index is 0.0532. The van der Waals surface area contributed by atoms with Crippen molar-refractivity contribution in [3.8, 4) is 5.75 Å². The van der Waals surface area contributed by atoms with Crippen LogP contribution in [0.1, 0.15) is 36.2 Å². The van der Waals surface area contributed by atoms with Crippen molar-refractivity contribution in [1.82, 2.24) is 4.90 Å². The van der Waals surface area contributed by atoms with Gasteiger partial charge in [0.1, 0.15) is 5.75 Å². The van der Waals surface area contributed by atoms with Crippen LogP contribution in [0.4, 0.5) is 0 Å². The van der Waals surface area contributed by atoms with Crippen LogP contribution in [0.15, 0.2) is 30.3 Å². The molecular formula is C19H21Cl2NO3S. The molecule has 4 nitrogen and oxygen atoms in total. The Morgan fingerprint density at radius 1 is 1.31 bits per heavy atom. The second-order valence-electron chi connectivity index (χ2n) is 6.31. The number of hydrogen-bond donors (Lipinski definition) is 1. The number of carbonyl (C=O) groups is 1. The normalized spacial score (nSPS) is 17.2. The van der Waals surface area contributed by atoms with Gasteiger partial charge < -0.3 is 9.84 Å². The standard InChI is InChI=1S/C19H21Cl2NO3S/c1-2-25-15-4-3-13(20)11-14(15)18(16-5-6-17(21)26-16)22-9-7-12(8-10-22)19(23)24/h3-6,11-12,18H,2,7-10H2,1H3,(H,23,24). The van der Waals surface area contributed by atoms with Crippen LogP contribution in [0.25, 0.3) is 0 Å². The lowest BCUT2D eigenvalue weighted by Crippen LogP contribution is -2.39. The van der Waals surface area contributed by atoms with E-state index in [1.54, 1.807) is 0 Å². The van der Waals surface area contributed by atoms with Crippen LogP contribution in [0.2, 0.25) is 9.36 Å². The summed E-state index contributed by atoms with van der Waals surface area (Å²) in [6.07, 6.45) is 1.27. The van der Waals surface area contributed by atoms with Gasteiger partial charge in [0.05, 0.1) is 22.9 Å². The van der Waals surface area contributed by atoms with Crippen molar-refractivity contribution in [1.29, 1.82) is 0 Å². The zero-order valence-corrected chi connectivity index (χ0v) is 16.8. The van der Waals surface area contributed by atoms with E-state index in [9.17, 15) is 9.90 Å². The molecule has 1 N–H and O–H groups in total. The van der Waals surface area contributed by atoms with Gasteiger partial charge in [0, 0.05) is 15.5 Å². The van der Waals surface area contributed by atoms with Crippen LogP contribution < -0.4 is 4.74 Å². The number of halogens is 2. The van der Waals surface area contributed by atoms with E-state index in [-0.39, 0.29) is 12.0 Å². The van der Waals surface area contributed by atoms with Crippen molar-refractivity contribution < 1.29 is 14.6 Å². The number of hydrogen-bond acceptors (Lipinski definition) is 4. The fraction of sp³-hybridized carbons (Fsp3) is 0.421. The van der Waals surface area contributed by atoms with Gasteiger partial charge in [-0.1, -0.05) is 23.2 Å². The third kappa shape index (κ3) is 4.34. The van der Waals surface area contributed by atoms with Gasteiger partial charge in [0.15, 0.2) is 0 Å². The molecule has 3 rings (SSSR count). The van der Waals surface area contributed by atoms with Gasteiger partial charge in [-0.2, -0.15) is 0 Å². The Balaban J connectivity index is 1.98. The zero-order chi connectivity index (χ0) is 18.7. The van der Waals surface area contributed by atoms with Gasteiger partial charge in [0.2, 0.25) is 0 Å². The Kier molecular flexibility index (Phi) is 6.46. The van der Waals surface area contributed by atoms with Gasteiger partial charge in [-0.15, -0.1) is 11.3 Å². The summed E-state index contributed by atoms with van der Waals surface area (Å²) >= 11 is 14.0. The second kappa shape index (κ2) is 8.61. The largest absolute Gasteiger partial charge is 0.494 e. The van der Waals surface area contributed by atoms with Crippen molar-refractivity contribution in [2.75, 3.05) is 19.7 Å². The van der Waals surface area contributed by atoms with Crippen LogP contribution in [0.3, 0.4) is 0 Å². The van der Waals surface area contributed by atoms with Gasteiger partial charge >= 0.3 is 5.97 Å². The maximum Gasteiger partial charge on any atom is 0.306 e. The number of rotatable bonds is 6. The van der Waals surface area contributed by atoms with E-state index in [4.69, 9.17) is 27.9 Å². The van der Waals surface area contributed by atoms with Crippen LogP contribution >= 0.6 is 34.5 Å². The first-order chi connectivity index (χ1) is 12.5. The summed E-state index contributed by atoms with van der Waals surface area (Å²) in [5, 5.41) is 9.93. The maximum absolute atomic E-state index is 11.3. The quantitative estimate of drug-likeness (QED) is 0.693. The van der Waals surface area contributed by atoms with Crippen molar-refractivity contribution in [2.45, 2.75) is 25.8 Å². The fourth-order valence-electron chi connectivity index (χ4n) is 3.43. The first-order valence-electron chi connectivity index (χ1n) is 8.64. The Morgan fingerprint density at radius 3 is 2.62 bits per heavy atom. The molecule has 0 amide bonds. The minimum Gasteiger partial charge on any atom is -0.494 e. The Labute approximate surface area is 167 Å². The summed E-state index contributed by atoms with van der Waals surface area (Å²) in [6, 6.07) is 9.52. The summed E-state index contributed by atoms with van der Waals surface area (Å²) in [5.41, 5.74) is 0.992. The summed E-state index contributed by atoms with van der Waals surface area (Å²) in [5.74, 6) is -0.186.